The molecule has 2 aromatic rings. The highest BCUT2D eigenvalue weighted by Crippen LogP contribution is 2.10. The van der Waals surface area contributed by atoms with Gasteiger partial charge in [-0.3, -0.25) is 14.4 Å². The van der Waals surface area contributed by atoms with Crippen LogP contribution in [-0.2, 0) is 41.9 Å². The molecule has 8 heteroatoms. The Morgan fingerprint density at radius 1 is 0.778 bits per heavy atom. The number of rotatable bonds is 14. The van der Waals surface area contributed by atoms with E-state index in [9.17, 15) is 19.2 Å². The number of esters is 2. The first kappa shape index (κ1) is 28.6. The summed E-state index contributed by atoms with van der Waals surface area (Å²) >= 11 is 0. The Bertz CT molecular complexity index is 978. The minimum absolute atomic E-state index is 0.000702. The summed E-state index contributed by atoms with van der Waals surface area (Å²) in [6, 6.07) is 16.5. The van der Waals surface area contributed by atoms with E-state index in [0.29, 0.717) is 12.8 Å². The van der Waals surface area contributed by atoms with Gasteiger partial charge in [0, 0.05) is 12.8 Å². The molecule has 0 aliphatic heterocycles. The first-order valence-electron chi connectivity index (χ1n) is 12.3. The average molecular weight is 497 g/mol. The van der Waals surface area contributed by atoms with E-state index in [2.05, 4.69) is 10.6 Å². The number of amides is 2. The summed E-state index contributed by atoms with van der Waals surface area (Å²) < 4.78 is 10.7. The molecule has 0 saturated heterocycles. The van der Waals surface area contributed by atoms with Crippen molar-refractivity contribution in [2.45, 2.75) is 71.8 Å². The third-order valence-electron chi connectivity index (χ3n) is 5.45. The second-order valence-electron chi connectivity index (χ2n) is 8.88. The van der Waals surface area contributed by atoms with E-state index in [0.717, 1.165) is 11.1 Å². The van der Waals surface area contributed by atoms with Crippen LogP contribution >= 0.6 is 0 Å². The smallest absolute Gasteiger partial charge is 0.328 e. The zero-order valence-electron chi connectivity index (χ0n) is 21.2. The van der Waals surface area contributed by atoms with Crippen LogP contribution in [-0.4, -0.2) is 35.8 Å². The molecule has 0 aromatic heterocycles. The third-order valence-corrected chi connectivity index (χ3v) is 5.45. The molecule has 0 spiro atoms. The lowest BCUT2D eigenvalue weighted by Gasteiger charge is -2.25. The van der Waals surface area contributed by atoms with Crippen LogP contribution in [0.2, 0.25) is 0 Å². The second-order valence-corrected chi connectivity index (χ2v) is 8.88. The summed E-state index contributed by atoms with van der Waals surface area (Å²) in [7, 11) is 0. The van der Waals surface area contributed by atoms with Crippen LogP contribution in [0.1, 0.15) is 57.6 Å². The fraction of sp³-hybridized carbons (Fsp3) is 0.429. The van der Waals surface area contributed by atoms with Gasteiger partial charge in [0.1, 0.15) is 25.3 Å². The first-order valence-corrected chi connectivity index (χ1v) is 12.3. The van der Waals surface area contributed by atoms with Gasteiger partial charge in [-0.05, 0) is 29.9 Å². The SMILES string of the molecule is CCCC(=O)N[C@@H](C(=O)N[C@H](CCC(=O)OCc1ccccc1)C(=O)OCc1ccccc1)C(C)C. The molecule has 2 rings (SSSR count). The maximum atomic E-state index is 13.0. The van der Waals surface area contributed by atoms with Crippen molar-refractivity contribution in [1.29, 1.82) is 0 Å². The van der Waals surface area contributed by atoms with Crippen LogP contribution in [0.4, 0.5) is 0 Å². The molecule has 0 bridgehead atoms. The lowest BCUT2D eigenvalue weighted by Crippen LogP contribution is -2.54. The van der Waals surface area contributed by atoms with E-state index >= 15 is 0 Å². The van der Waals surface area contributed by atoms with Crippen molar-refractivity contribution < 1.29 is 28.7 Å². The van der Waals surface area contributed by atoms with Crippen LogP contribution in [0.3, 0.4) is 0 Å². The number of hydrogen-bond donors (Lipinski definition) is 2. The standard InChI is InChI=1S/C28H36N2O6/c1-4-11-24(31)30-26(20(2)3)27(33)29-23(28(34)36-19-22-14-9-6-10-15-22)16-17-25(32)35-18-21-12-7-5-8-13-21/h5-10,12-15,20,23,26H,4,11,16-19H2,1-3H3,(H,29,33)(H,30,31)/t23-,26-/m1/s1. The van der Waals surface area contributed by atoms with E-state index in [1.165, 1.54) is 0 Å². The van der Waals surface area contributed by atoms with Crippen molar-refractivity contribution in [3.63, 3.8) is 0 Å². The molecule has 0 fully saturated rings. The van der Waals surface area contributed by atoms with Gasteiger partial charge in [0.05, 0.1) is 0 Å². The van der Waals surface area contributed by atoms with Crippen LogP contribution in [0.5, 0.6) is 0 Å². The highest BCUT2D eigenvalue weighted by atomic mass is 16.5. The summed E-state index contributed by atoms with van der Waals surface area (Å²) in [5.41, 5.74) is 1.64. The van der Waals surface area contributed by atoms with E-state index in [1.54, 1.807) is 13.8 Å². The topological polar surface area (TPSA) is 111 Å². The van der Waals surface area contributed by atoms with Gasteiger partial charge < -0.3 is 20.1 Å². The van der Waals surface area contributed by atoms with E-state index < -0.39 is 29.9 Å². The summed E-state index contributed by atoms with van der Waals surface area (Å²) in [5.74, 6) is -2.11. The zero-order chi connectivity index (χ0) is 26.3. The Labute approximate surface area is 212 Å². The maximum Gasteiger partial charge on any atom is 0.328 e. The Balaban J connectivity index is 2.02. The number of benzene rings is 2. The van der Waals surface area contributed by atoms with Gasteiger partial charge >= 0.3 is 11.9 Å². The monoisotopic (exact) mass is 496 g/mol. The molecule has 8 nitrogen and oxygen atoms in total. The molecular formula is C28H36N2O6. The Morgan fingerprint density at radius 2 is 1.33 bits per heavy atom. The number of ether oxygens (including phenoxy) is 2. The number of carbonyl (C=O) groups excluding carboxylic acids is 4. The number of nitrogens with one attached hydrogen (secondary N) is 2. The number of carbonyl (C=O) groups is 4. The van der Waals surface area contributed by atoms with Crippen molar-refractivity contribution in [3.8, 4) is 0 Å². The molecule has 2 amide bonds. The summed E-state index contributed by atoms with van der Waals surface area (Å²) in [5, 5.41) is 5.40. The number of hydrogen-bond acceptors (Lipinski definition) is 6. The van der Waals surface area contributed by atoms with Gasteiger partial charge in [0.15, 0.2) is 0 Å². The third kappa shape index (κ3) is 10.3. The quantitative estimate of drug-likeness (QED) is 0.386. The molecule has 2 aromatic carbocycles. The molecule has 0 saturated carbocycles. The first-order chi connectivity index (χ1) is 17.3. The molecule has 2 atom stereocenters. The Kier molecular flexibility index (Phi) is 12.2. The maximum absolute atomic E-state index is 13.0. The highest BCUT2D eigenvalue weighted by Gasteiger charge is 2.30. The molecule has 0 unspecified atom stereocenters. The fourth-order valence-corrected chi connectivity index (χ4v) is 3.42. The summed E-state index contributed by atoms with van der Waals surface area (Å²) in [6.45, 7) is 5.64. The van der Waals surface area contributed by atoms with Crippen molar-refractivity contribution in [2.24, 2.45) is 5.92 Å². The van der Waals surface area contributed by atoms with Crippen LogP contribution in [0.15, 0.2) is 60.7 Å². The molecular weight excluding hydrogens is 460 g/mol. The molecule has 0 radical (unpaired) electrons. The zero-order valence-corrected chi connectivity index (χ0v) is 21.2. The van der Waals surface area contributed by atoms with Gasteiger partial charge in [-0.1, -0.05) is 81.4 Å². The normalized spacial score (nSPS) is 12.3. The lowest BCUT2D eigenvalue weighted by molar-refractivity contribution is -0.151. The Hall–Kier alpha value is -3.68. The highest BCUT2D eigenvalue weighted by molar-refractivity contribution is 5.91. The van der Waals surface area contributed by atoms with E-state index in [-0.39, 0.29) is 37.9 Å². The average Bonchev–Trinajstić information content (AvgIpc) is 2.88. The minimum atomic E-state index is -1.07. The second kappa shape index (κ2) is 15.3. The van der Waals surface area contributed by atoms with Gasteiger partial charge in [0.25, 0.3) is 0 Å². The largest absolute Gasteiger partial charge is 0.461 e. The summed E-state index contributed by atoms with van der Waals surface area (Å²) in [6.07, 6.45) is 0.859. The lowest BCUT2D eigenvalue weighted by atomic mass is 10.0. The Morgan fingerprint density at radius 3 is 1.86 bits per heavy atom. The van der Waals surface area contributed by atoms with Crippen LogP contribution in [0, 0.1) is 5.92 Å². The summed E-state index contributed by atoms with van der Waals surface area (Å²) in [4.78, 5) is 50.3. The molecule has 36 heavy (non-hydrogen) atoms. The van der Waals surface area contributed by atoms with Crippen molar-refractivity contribution in [3.05, 3.63) is 71.8 Å². The molecule has 0 heterocycles. The van der Waals surface area contributed by atoms with Gasteiger partial charge in [-0.15, -0.1) is 0 Å². The van der Waals surface area contributed by atoms with Crippen molar-refractivity contribution >= 4 is 23.8 Å². The predicted molar refractivity (Wildman–Crippen MR) is 135 cm³/mol. The molecule has 0 aliphatic carbocycles. The van der Waals surface area contributed by atoms with E-state index in [4.69, 9.17) is 9.47 Å². The van der Waals surface area contributed by atoms with Crippen LogP contribution < -0.4 is 10.6 Å². The molecule has 194 valence electrons. The molecule has 0 aliphatic rings. The van der Waals surface area contributed by atoms with Gasteiger partial charge in [-0.25, -0.2) is 4.79 Å². The molecule has 2 N–H and O–H groups in total. The van der Waals surface area contributed by atoms with Crippen LogP contribution in [0.25, 0.3) is 0 Å². The van der Waals surface area contributed by atoms with Gasteiger partial charge in [-0.2, -0.15) is 0 Å². The fourth-order valence-electron chi connectivity index (χ4n) is 3.42. The minimum Gasteiger partial charge on any atom is -0.461 e. The van der Waals surface area contributed by atoms with E-state index in [1.807, 2.05) is 67.6 Å². The van der Waals surface area contributed by atoms with Gasteiger partial charge in [0.2, 0.25) is 11.8 Å². The predicted octanol–water partition coefficient (Wildman–Crippen LogP) is 3.68. The van der Waals surface area contributed by atoms with Crippen molar-refractivity contribution in [2.75, 3.05) is 0 Å². The van der Waals surface area contributed by atoms with Crippen molar-refractivity contribution in [1.82, 2.24) is 10.6 Å².